The average Bonchev–Trinajstić information content (AvgIpc) is 2.63. The SMILES string of the molecule is CN(C)C(=O)CCNC(=O)Nc1ccc(C(=O)Nc2ccccc2)cc1. The van der Waals surface area contributed by atoms with E-state index in [1.165, 1.54) is 4.90 Å². The maximum Gasteiger partial charge on any atom is 0.319 e. The second-order valence-electron chi connectivity index (χ2n) is 5.82. The van der Waals surface area contributed by atoms with Crippen molar-refractivity contribution in [3.05, 3.63) is 60.2 Å². The average molecular weight is 354 g/mol. The number of anilines is 2. The molecule has 0 unspecified atom stereocenters. The van der Waals surface area contributed by atoms with Gasteiger partial charge in [-0.2, -0.15) is 0 Å². The summed E-state index contributed by atoms with van der Waals surface area (Å²) in [5.74, 6) is -0.284. The molecular weight excluding hydrogens is 332 g/mol. The van der Waals surface area contributed by atoms with Gasteiger partial charge in [-0.1, -0.05) is 18.2 Å². The van der Waals surface area contributed by atoms with E-state index in [1.807, 2.05) is 18.2 Å². The highest BCUT2D eigenvalue weighted by molar-refractivity contribution is 6.04. The van der Waals surface area contributed by atoms with Gasteiger partial charge in [0.05, 0.1) is 0 Å². The molecule has 0 heterocycles. The van der Waals surface area contributed by atoms with Crippen LogP contribution >= 0.6 is 0 Å². The van der Waals surface area contributed by atoms with Gasteiger partial charge in [0.15, 0.2) is 0 Å². The quantitative estimate of drug-likeness (QED) is 0.744. The van der Waals surface area contributed by atoms with E-state index in [2.05, 4.69) is 16.0 Å². The molecule has 0 aliphatic carbocycles. The van der Waals surface area contributed by atoms with Crippen LogP contribution in [0.4, 0.5) is 16.2 Å². The maximum absolute atomic E-state index is 12.2. The number of para-hydroxylation sites is 1. The first-order valence-electron chi connectivity index (χ1n) is 8.17. The van der Waals surface area contributed by atoms with E-state index >= 15 is 0 Å². The summed E-state index contributed by atoms with van der Waals surface area (Å²) in [7, 11) is 3.33. The molecule has 26 heavy (non-hydrogen) atoms. The van der Waals surface area contributed by atoms with Gasteiger partial charge >= 0.3 is 6.03 Å². The molecule has 7 nitrogen and oxygen atoms in total. The van der Waals surface area contributed by atoms with Crippen LogP contribution < -0.4 is 16.0 Å². The van der Waals surface area contributed by atoms with Crippen LogP contribution in [-0.4, -0.2) is 43.4 Å². The van der Waals surface area contributed by atoms with Crippen molar-refractivity contribution in [2.45, 2.75) is 6.42 Å². The molecule has 0 saturated heterocycles. The largest absolute Gasteiger partial charge is 0.349 e. The summed E-state index contributed by atoms with van der Waals surface area (Å²) in [6.45, 7) is 0.250. The first-order valence-corrected chi connectivity index (χ1v) is 8.17. The second-order valence-corrected chi connectivity index (χ2v) is 5.82. The Hall–Kier alpha value is -3.35. The Bertz CT molecular complexity index is 758. The van der Waals surface area contributed by atoms with Crippen LogP contribution in [0.5, 0.6) is 0 Å². The molecular formula is C19H22N4O3. The van der Waals surface area contributed by atoms with E-state index < -0.39 is 6.03 Å². The third kappa shape index (κ3) is 5.94. The zero-order chi connectivity index (χ0) is 18.9. The number of nitrogens with one attached hydrogen (secondary N) is 3. The Balaban J connectivity index is 1.82. The highest BCUT2D eigenvalue weighted by Crippen LogP contribution is 2.12. The Labute approximate surface area is 152 Å². The zero-order valence-electron chi connectivity index (χ0n) is 14.8. The van der Waals surface area contributed by atoms with Crippen molar-refractivity contribution in [2.75, 3.05) is 31.3 Å². The number of rotatable bonds is 6. The summed E-state index contributed by atoms with van der Waals surface area (Å²) in [5, 5.41) is 8.06. The molecule has 2 aromatic rings. The fourth-order valence-corrected chi connectivity index (χ4v) is 2.11. The Morgan fingerprint density at radius 2 is 1.46 bits per heavy atom. The molecule has 0 saturated carbocycles. The number of urea groups is 1. The number of nitrogens with zero attached hydrogens (tertiary/aromatic N) is 1. The van der Waals surface area contributed by atoms with Gasteiger partial charge in [0.2, 0.25) is 5.91 Å². The van der Waals surface area contributed by atoms with Gasteiger partial charge in [-0.15, -0.1) is 0 Å². The van der Waals surface area contributed by atoms with Crippen molar-refractivity contribution < 1.29 is 14.4 Å². The number of benzene rings is 2. The highest BCUT2D eigenvalue weighted by atomic mass is 16.2. The molecule has 0 atom stereocenters. The molecule has 0 radical (unpaired) electrons. The monoisotopic (exact) mass is 354 g/mol. The van der Waals surface area contributed by atoms with Crippen LogP contribution in [0.2, 0.25) is 0 Å². The van der Waals surface area contributed by atoms with Crippen LogP contribution in [0, 0.1) is 0 Å². The fourth-order valence-electron chi connectivity index (χ4n) is 2.11. The number of carbonyl (C=O) groups excluding carboxylic acids is 3. The standard InChI is InChI=1S/C19H22N4O3/c1-23(2)17(24)12-13-20-19(26)22-16-10-8-14(9-11-16)18(25)21-15-6-4-3-5-7-15/h3-11H,12-13H2,1-2H3,(H,21,25)(H2,20,22,26). The molecule has 2 rings (SSSR count). The van der Waals surface area contributed by atoms with Crippen molar-refractivity contribution in [3.63, 3.8) is 0 Å². The van der Waals surface area contributed by atoms with Crippen LogP contribution in [0.15, 0.2) is 54.6 Å². The molecule has 0 aliphatic heterocycles. The summed E-state index contributed by atoms with van der Waals surface area (Å²) in [4.78, 5) is 36.9. The third-order valence-electron chi connectivity index (χ3n) is 3.56. The summed E-state index contributed by atoms with van der Waals surface area (Å²) < 4.78 is 0. The predicted octanol–water partition coefficient (Wildman–Crippen LogP) is 2.54. The summed E-state index contributed by atoms with van der Waals surface area (Å²) >= 11 is 0. The first-order chi connectivity index (χ1) is 12.5. The minimum absolute atomic E-state index is 0.0564. The lowest BCUT2D eigenvalue weighted by Crippen LogP contribution is -2.33. The second kappa shape index (κ2) is 9.22. The van der Waals surface area contributed by atoms with E-state index in [4.69, 9.17) is 0 Å². The van der Waals surface area contributed by atoms with E-state index in [-0.39, 0.29) is 24.8 Å². The van der Waals surface area contributed by atoms with Crippen molar-refractivity contribution in [2.24, 2.45) is 0 Å². The summed E-state index contributed by atoms with van der Waals surface area (Å²) in [6.07, 6.45) is 0.235. The van der Waals surface area contributed by atoms with E-state index in [1.54, 1.807) is 50.5 Å². The topological polar surface area (TPSA) is 90.5 Å². The van der Waals surface area contributed by atoms with Crippen molar-refractivity contribution in [1.82, 2.24) is 10.2 Å². The molecule has 4 amide bonds. The zero-order valence-corrected chi connectivity index (χ0v) is 14.8. The third-order valence-corrected chi connectivity index (χ3v) is 3.56. The highest BCUT2D eigenvalue weighted by Gasteiger charge is 2.08. The Kier molecular flexibility index (Phi) is 6.73. The van der Waals surface area contributed by atoms with Gasteiger partial charge in [-0.05, 0) is 36.4 Å². The van der Waals surface area contributed by atoms with Gasteiger partial charge < -0.3 is 20.9 Å². The smallest absolute Gasteiger partial charge is 0.319 e. The lowest BCUT2D eigenvalue weighted by molar-refractivity contribution is -0.128. The normalized spacial score (nSPS) is 9.92. The van der Waals surface area contributed by atoms with Gasteiger partial charge in [0, 0.05) is 44.0 Å². The van der Waals surface area contributed by atoms with Crippen LogP contribution in [-0.2, 0) is 4.79 Å². The molecule has 0 bridgehead atoms. The molecule has 0 aromatic heterocycles. The van der Waals surface area contributed by atoms with E-state index in [9.17, 15) is 14.4 Å². The first kappa shape index (κ1) is 19.0. The van der Waals surface area contributed by atoms with Crippen LogP contribution in [0.1, 0.15) is 16.8 Å². The number of carbonyl (C=O) groups is 3. The molecule has 0 aliphatic rings. The lowest BCUT2D eigenvalue weighted by atomic mass is 10.2. The molecule has 3 N–H and O–H groups in total. The molecule has 7 heteroatoms. The molecule has 0 spiro atoms. The molecule has 0 fully saturated rings. The van der Waals surface area contributed by atoms with Gasteiger partial charge in [0.25, 0.3) is 5.91 Å². The Morgan fingerprint density at radius 1 is 0.846 bits per heavy atom. The van der Waals surface area contributed by atoms with Crippen molar-refractivity contribution in [3.8, 4) is 0 Å². The van der Waals surface area contributed by atoms with E-state index in [0.29, 0.717) is 16.9 Å². The minimum Gasteiger partial charge on any atom is -0.349 e. The van der Waals surface area contributed by atoms with E-state index in [0.717, 1.165) is 0 Å². The van der Waals surface area contributed by atoms with Crippen LogP contribution in [0.3, 0.4) is 0 Å². The Morgan fingerprint density at radius 3 is 2.08 bits per heavy atom. The predicted molar refractivity (Wildman–Crippen MR) is 101 cm³/mol. The lowest BCUT2D eigenvalue weighted by Gasteiger charge is -2.11. The summed E-state index contributed by atoms with van der Waals surface area (Å²) in [5.41, 5.74) is 1.75. The fraction of sp³-hybridized carbons (Fsp3) is 0.211. The minimum atomic E-state index is -0.405. The van der Waals surface area contributed by atoms with Gasteiger partial charge in [0.1, 0.15) is 0 Å². The van der Waals surface area contributed by atoms with Crippen molar-refractivity contribution >= 4 is 29.2 Å². The molecule has 136 valence electrons. The number of hydrogen-bond donors (Lipinski definition) is 3. The maximum atomic E-state index is 12.2. The van der Waals surface area contributed by atoms with Gasteiger partial charge in [-0.25, -0.2) is 4.79 Å². The summed E-state index contributed by atoms with van der Waals surface area (Å²) in [6, 6.07) is 15.3. The van der Waals surface area contributed by atoms with Crippen molar-refractivity contribution in [1.29, 1.82) is 0 Å². The van der Waals surface area contributed by atoms with Crippen LogP contribution in [0.25, 0.3) is 0 Å². The number of hydrogen-bond acceptors (Lipinski definition) is 3. The number of amides is 4. The molecule has 2 aromatic carbocycles. The van der Waals surface area contributed by atoms with Gasteiger partial charge in [-0.3, -0.25) is 9.59 Å².